The molecule has 0 aliphatic carbocycles. The van der Waals surface area contributed by atoms with E-state index in [2.05, 4.69) is 9.88 Å². The minimum atomic E-state index is -0.406. The first kappa shape index (κ1) is 15.5. The molecule has 1 atom stereocenters. The third kappa shape index (κ3) is 2.65. The Bertz CT molecular complexity index is 881. The van der Waals surface area contributed by atoms with E-state index in [1.165, 1.54) is 0 Å². The highest BCUT2D eigenvalue weighted by Crippen LogP contribution is 2.32. The molecule has 1 aromatic carbocycles. The van der Waals surface area contributed by atoms with Crippen LogP contribution in [0, 0.1) is 0 Å². The van der Waals surface area contributed by atoms with Crippen LogP contribution in [0.2, 0.25) is 5.02 Å². The number of likely N-dealkylation sites (N-methyl/N-ethyl adjacent to an activating group) is 1. The number of amides is 1. The summed E-state index contributed by atoms with van der Waals surface area (Å²) in [4.78, 5) is 31.1. The number of hydrogen-bond donors (Lipinski definition) is 1. The van der Waals surface area contributed by atoms with Gasteiger partial charge < -0.3 is 14.6 Å². The SMILES string of the molecule is CN1C[C@@]2(CCN(Cc3cc(=O)c4cc(Cl)ccc4[nH]3)C2)OC1=O. The number of fused-ring (bicyclic) bond motifs is 1. The topological polar surface area (TPSA) is 65.6 Å². The predicted molar refractivity (Wildman–Crippen MR) is 91.3 cm³/mol. The standard InChI is InChI=1S/C17H18ClN3O3/c1-20-9-17(24-16(20)23)4-5-21(10-17)8-12-7-15(22)13-6-11(18)2-3-14(13)19-12/h2-3,6-7H,4-5,8-10H2,1H3,(H,19,22)/t17-/m1/s1. The molecule has 2 aliphatic rings. The van der Waals surface area contributed by atoms with Crippen LogP contribution in [0.3, 0.4) is 0 Å². The maximum absolute atomic E-state index is 12.3. The summed E-state index contributed by atoms with van der Waals surface area (Å²) in [6, 6.07) is 6.89. The Morgan fingerprint density at radius 3 is 2.88 bits per heavy atom. The van der Waals surface area contributed by atoms with Crippen molar-refractivity contribution in [2.24, 2.45) is 0 Å². The van der Waals surface area contributed by atoms with E-state index in [0.717, 1.165) is 24.2 Å². The highest BCUT2D eigenvalue weighted by Gasteiger charge is 2.48. The van der Waals surface area contributed by atoms with Gasteiger partial charge in [0.15, 0.2) is 5.43 Å². The first-order valence-corrected chi connectivity index (χ1v) is 8.30. The number of hydrogen-bond acceptors (Lipinski definition) is 4. The van der Waals surface area contributed by atoms with Crippen molar-refractivity contribution in [2.45, 2.75) is 18.6 Å². The first-order valence-electron chi connectivity index (χ1n) is 7.92. The van der Waals surface area contributed by atoms with Crippen molar-refractivity contribution in [3.63, 3.8) is 0 Å². The molecule has 2 aromatic rings. The van der Waals surface area contributed by atoms with Crippen LogP contribution < -0.4 is 5.43 Å². The van der Waals surface area contributed by atoms with Gasteiger partial charge in [-0.15, -0.1) is 0 Å². The van der Waals surface area contributed by atoms with Gasteiger partial charge in [0.05, 0.1) is 6.54 Å². The third-order valence-electron chi connectivity index (χ3n) is 4.78. The Labute approximate surface area is 144 Å². The second-order valence-corrected chi connectivity index (χ2v) is 7.15. The van der Waals surface area contributed by atoms with Gasteiger partial charge in [0.2, 0.25) is 0 Å². The van der Waals surface area contributed by atoms with Crippen molar-refractivity contribution in [1.29, 1.82) is 0 Å². The first-order chi connectivity index (χ1) is 11.4. The summed E-state index contributed by atoms with van der Waals surface area (Å²) in [6.45, 7) is 2.76. The van der Waals surface area contributed by atoms with Gasteiger partial charge in [0, 0.05) is 60.8 Å². The van der Waals surface area contributed by atoms with E-state index in [-0.39, 0.29) is 11.5 Å². The Balaban J connectivity index is 1.54. The Kier molecular flexibility index (Phi) is 3.54. The van der Waals surface area contributed by atoms with Crippen LogP contribution in [0.4, 0.5) is 4.79 Å². The lowest BCUT2D eigenvalue weighted by molar-refractivity contribution is 0.0626. The van der Waals surface area contributed by atoms with Gasteiger partial charge >= 0.3 is 6.09 Å². The second-order valence-electron chi connectivity index (χ2n) is 6.72. The molecule has 126 valence electrons. The summed E-state index contributed by atoms with van der Waals surface area (Å²) in [5.74, 6) is 0. The summed E-state index contributed by atoms with van der Waals surface area (Å²) in [6.07, 6.45) is 0.559. The van der Waals surface area contributed by atoms with Gasteiger partial charge in [-0.1, -0.05) is 11.6 Å². The van der Waals surface area contributed by atoms with Crippen molar-refractivity contribution in [2.75, 3.05) is 26.7 Å². The zero-order valence-electron chi connectivity index (χ0n) is 13.3. The largest absolute Gasteiger partial charge is 0.439 e. The predicted octanol–water partition coefficient (Wildman–Crippen LogP) is 2.21. The number of H-pyrrole nitrogens is 1. The molecule has 2 aliphatic heterocycles. The molecule has 1 aromatic heterocycles. The number of rotatable bonds is 2. The summed E-state index contributed by atoms with van der Waals surface area (Å²) >= 11 is 5.95. The van der Waals surface area contributed by atoms with E-state index >= 15 is 0 Å². The lowest BCUT2D eigenvalue weighted by Crippen LogP contribution is -2.37. The fourth-order valence-corrected chi connectivity index (χ4v) is 3.84. The molecule has 4 rings (SSSR count). The van der Waals surface area contributed by atoms with E-state index in [1.807, 2.05) is 6.07 Å². The Morgan fingerprint density at radius 2 is 2.12 bits per heavy atom. The summed E-state index contributed by atoms with van der Waals surface area (Å²) in [5, 5.41) is 1.14. The Hall–Kier alpha value is -2.05. The number of aromatic amines is 1. The number of nitrogens with one attached hydrogen (secondary N) is 1. The normalized spacial score (nSPS) is 24.2. The molecule has 0 radical (unpaired) electrons. The second kappa shape index (κ2) is 5.50. The molecule has 1 amide bonds. The highest BCUT2D eigenvalue weighted by molar-refractivity contribution is 6.31. The van der Waals surface area contributed by atoms with Gasteiger partial charge in [-0.2, -0.15) is 0 Å². The maximum Gasteiger partial charge on any atom is 0.410 e. The fourth-order valence-electron chi connectivity index (χ4n) is 3.67. The molecule has 0 unspecified atom stereocenters. The van der Waals surface area contributed by atoms with E-state index in [4.69, 9.17) is 16.3 Å². The van der Waals surface area contributed by atoms with E-state index in [0.29, 0.717) is 30.0 Å². The zero-order chi connectivity index (χ0) is 16.9. The highest BCUT2D eigenvalue weighted by atomic mass is 35.5. The van der Waals surface area contributed by atoms with Crippen LogP contribution in [0.5, 0.6) is 0 Å². The number of benzene rings is 1. The number of pyridine rings is 1. The molecule has 1 spiro atoms. The number of halogens is 1. The molecule has 6 nitrogen and oxygen atoms in total. The summed E-state index contributed by atoms with van der Waals surface area (Å²) in [5.41, 5.74) is 1.19. The fraction of sp³-hybridized carbons (Fsp3) is 0.412. The Morgan fingerprint density at radius 1 is 1.29 bits per heavy atom. The number of likely N-dealkylation sites (tertiary alicyclic amines) is 1. The molecule has 2 saturated heterocycles. The molecule has 1 N–H and O–H groups in total. The zero-order valence-corrected chi connectivity index (χ0v) is 14.1. The minimum absolute atomic E-state index is 0.0396. The lowest BCUT2D eigenvalue weighted by Gasteiger charge is -2.21. The number of aromatic nitrogens is 1. The minimum Gasteiger partial charge on any atom is -0.439 e. The molecule has 0 bridgehead atoms. The van der Waals surface area contributed by atoms with Gasteiger partial charge in [0.1, 0.15) is 5.60 Å². The maximum atomic E-state index is 12.3. The molecular formula is C17H18ClN3O3. The monoisotopic (exact) mass is 347 g/mol. The van der Waals surface area contributed by atoms with Crippen molar-refractivity contribution >= 4 is 28.6 Å². The van der Waals surface area contributed by atoms with Crippen molar-refractivity contribution in [3.05, 3.63) is 45.2 Å². The molecular weight excluding hydrogens is 330 g/mol. The molecule has 24 heavy (non-hydrogen) atoms. The summed E-state index contributed by atoms with van der Waals surface area (Å²) in [7, 11) is 1.76. The lowest BCUT2D eigenvalue weighted by atomic mass is 10.0. The van der Waals surface area contributed by atoms with Gasteiger partial charge in [-0.3, -0.25) is 9.69 Å². The smallest absolute Gasteiger partial charge is 0.410 e. The molecule has 2 fully saturated rings. The van der Waals surface area contributed by atoms with Gasteiger partial charge in [0.25, 0.3) is 0 Å². The van der Waals surface area contributed by atoms with Crippen molar-refractivity contribution < 1.29 is 9.53 Å². The van der Waals surface area contributed by atoms with Crippen LogP contribution in [0.15, 0.2) is 29.1 Å². The number of nitrogens with zero attached hydrogens (tertiary/aromatic N) is 2. The molecule has 7 heteroatoms. The van der Waals surface area contributed by atoms with Crippen LogP contribution in [0.1, 0.15) is 12.1 Å². The average Bonchev–Trinajstić information content (AvgIpc) is 3.03. The van der Waals surface area contributed by atoms with Crippen LogP contribution in [0.25, 0.3) is 10.9 Å². The number of carbonyl (C=O) groups excluding carboxylic acids is 1. The van der Waals surface area contributed by atoms with E-state index in [1.54, 1.807) is 30.1 Å². The molecule has 0 saturated carbocycles. The number of ether oxygens (including phenoxy) is 1. The van der Waals surface area contributed by atoms with Crippen LogP contribution in [-0.2, 0) is 11.3 Å². The van der Waals surface area contributed by atoms with E-state index in [9.17, 15) is 9.59 Å². The van der Waals surface area contributed by atoms with Gasteiger partial charge in [-0.05, 0) is 18.2 Å². The van der Waals surface area contributed by atoms with Crippen molar-refractivity contribution in [3.8, 4) is 0 Å². The third-order valence-corrected chi connectivity index (χ3v) is 5.01. The van der Waals surface area contributed by atoms with Crippen molar-refractivity contribution in [1.82, 2.24) is 14.8 Å². The van der Waals surface area contributed by atoms with Gasteiger partial charge in [-0.25, -0.2) is 4.79 Å². The summed E-state index contributed by atoms with van der Waals surface area (Å²) < 4.78 is 5.56. The van der Waals surface area contributed by atoms with E-state index < -0.39 is 5.60 Å². The number of carbonyl (C=O) groups is 1. The quantitative estimate of drug-likeness (QED) is 0.904. The molecule has 3 heterocycles. The van der Waals surface area contributed by atoms with Crippen LogP contribution >= 0.6 is 11.6 Å². The van der Waals surface area contributed by atoms with Crippen LogP contribution in [-0.4, -0.2) is 53.2 Å². The average molecular weight is 348 g/mol.